The Kier molecular flexibility index (Phi) is 3.74. The maximum atomic E-state index is 10.7. The van der Waals surface area contributed by atoms with E-state index in [1.165, 1.54) is 0 Å². The zero-order chi connectivity index (χ0) is 7.28. The molecule has 0 aromatic heterocycles. The van der Waals surface area contributed by atoms with Crippen molar-refractivity contribution in [1.29, 1.82) is 0 Å². The summed E-state index contributed by atoms with van der Waals surface area (Å²) in [5, 5.41) is 0. The van der Waals surface area contributed by atoms with E-state index in [1.54, 1.807) is 0 Å². The molecule has 0 aromatic rings. The summed E-state index contributed by atoms with van der Waals surface area (Å²) in [5.41, 5.74) is 5.24. The number of nitrogens with two attached hydrogens (primary N) is 1. The maximum absolute atomic E-state index is 10.7. The summed E-state index contributed by atoms with van der Waals surface area (Å²) >= 11 is 0. The largest absolute Gasteiger partial charge is 0.330 e. The van der Waals surface area contributed by atoms with E-state index in [4.69, 9.17) is 12.2 Å². The van der Waals surface area contributed by atoms with Gasteiger partial charge in [-0.3, -0.25) is 4.79 Å². The number of rotatable bonds is 3. The highest BCUT2D eigenvalue weighted by Gasteiger charge is 2.10. The Morgan fingerprint density at radius 2 is 2.44 bits per heavy atom. The normalized spacial score (nSPS) is 12.1. The Hall–Kier alpha value is -0.810. The van der Waals surface area contributed by atoms with Crippen molar-refractivity contribution in [2.45, 2.75) is 13.3 Å². The van der Waals surface area contributed by atoms with Gasteiger partial charge in [-0.25, -0.2) is 0 Å². The maximum Gasteiger partial charge on any atom is 0.209 e. The Bertz CT molecular complexity index is 130. The summed E-state index contributed by atoms with van der Waals surface area (Å²) in [6.45, 7) is 2.26. The van der Waals surface area contributed by atoms with Gasteiger partial charge in [0.25, 0.3) is 0 Å². The first-order chi connectivity index (χ1) is 4.26. The first kappa shape index (κ1) is 8.19. The van der Waals surface area contributed by atoms with Crippen molar-refractivity contribution in [3.05, 3.63) is 0 Å². The minimum Gasteiger partial charge on any atom is -0.330 e. The van der Waals surface area contributed by atoms with Gasteiger partial charge >= 0.3 is 0 Å². The fourth-order valence-electron chi connectivity index (χ4n) is 0.577. The molecule has 0 fully saturated rings. The molecule has 9 heavy (non-hydrogen) atoms. The molecule has 0 aliphatic heterocycles. The first-order valence-electron chi connectivity index (χ1n) is 2.96. The minimum absolute atomic E-state index is 0.130. The van der Waals surface area contributed by atoms with Crippen molar-refractivity contribution in [2.24, 2.45) is 11.7 Å². The van der Waals surface area contributed by atoms with Crippen LogP contribution in [0.1, 0.15) is 13.3 Å². The highest BCUT2D eigenvalue weighted by molar-refractivity contribution is 5.96. The van der Waals surface area contributed by atoms with E-state index in [0.29, 0.717) is 6.54 Å². The minimum atomic E-state index is -0.181. The van der Waals surface area contributed by atoms with Crippen molar-refractivity contribution < 1.29 is 4.79 Å². The smallest absolute Gasteiger partial charge is 0.209 e. The Balaban J connectivity index is 3.83. The summed E-state index contributed by atoms with van der Waals surface area (Å²) in [7, 11) is 0. The van der Waals surface area contributed by atoms with Crippen molar-refractivity contribution in [3.8, 4) is 12.3 Å². The van der Waals surface area contributed by atoms with Gasteiger partial charge in [0, 0.05) is 12.5 Å². The number of terminal acetylenes is 1. The van der Waals surface area contributed by atoms with E-state index in [0.717, 1.165) is 6.42 Å². The Morgan fingerprint density at radius 1 is 1.89 bits per heavy atom. The molecular weight excluding hydrogens is 114 g/mol. The lowest BCUT2D eigenvalue weighted by molar-refractivity contribution is -0.117. The average molecular weight is 125 g/mol. The number of Topliss-reactive ketones (excluding diaryl/α,β-unsaturated/α-hetero) is 1. The molecule has 0 heterocycles. The monoisotopic (exact) mass is 125 g/mol. The van der Waals surface area contributed by atoms with E-state index in [9.17, 15) is 4.79 Å². The lowest BCUT2D eigenvalue weighted by Gasteiger charge is -2.03. The summed E-state index contributed by atoms with van der Waals surface area (Å²) in [6.07, 6.45) is 5.60. The second kappa shape index (κ2) is 4.11. The fourth-order valence-corrected chi connectivity index (χ4v) is 0.577. The van der Waals surface area contributed by atoms with Crippen molar-refractivity contribution in [3.63, 3.8) is 0 Å². The molecule has 2 N–H and O–H groups in total. The predicted molar refractivity (Wildman–Crippen MR) is 36.7 cm³/mol. The molecule has 1 atom stereocenters. The number of carbonyl (C=O) groups excluding carboxylic acids is 1. The number of ketones is 1. The standard InChI is InChI=1S/C7H11NO/c1-3-6(5-8)7(9)4-2/h2,6H,3,5,8H2,1H3. The second-order valence-electron chi connectivity index (χ2n) is 1.85. The van der Waals surface area contributed by atoms with Crippen LogP contribution in [0.5, 0.6) is 0 Å². The van der Waals surface area contributed by atoms with E-state index in [-0.39, 0.29) is 11.7 Å². The highest BCUT2D eigenvalue weighted by Crippen LogP contribution is 1.99. The SMILES string of the molecule is C#CC(=O)C(CC)CN. The van der Waals surface area contributed by atoms with Crippen LogP contribution >= 0.6 is 0 Å². The topological polar surface area (TPSA) is 43.1 Å². The van der Waals surface area contributed by atoms with Crippen molar-refractivity contribution in [2.75, 3.05) is 6.54 Å². The van der Waals surface area contributed by atoms with Crippen LogP contribution in [0.2, 0.25) is 0 Å². The number of hydrogen-bond donors (Lipinski definition) is 1. The average Bonchev–Trinajstić information content (AvgIpc) is 1.90. The predicted octanol–water partition coefficient (Wildman–Crippen LogP) is 0.174. The highest BCUT2D eigenvalue weighted by atomic mass is 16.1. The Morgan fingerprint density at radius 3 is 2.56 bits per heavy atom. The van der Waals surface area contributed by atoms with E-state index in [2.05, 4.69) is 0 Å². The van der Waals surface area contributed by atoms with Gasteiger partial charge in [0.1, 0.15) is 0 Å². The van der Waals surface area contributed by atoms with E-state index < -0.39 is 0 Å². The van der Waals surface area contributed by atoms with E-state index in [1.807, 2.05) is 12.8 Å². The van der Waals surface area contributed by atoms with Crippen LogP contribution < -0.4 is 5.73 Å². The summed E-state index contributed by atoms with van der Waals surface area (Å²) in [4.78, 5) is 10.7. The van der Waals surface area contributed by atoms with Gasteiger partial charge in [-0.1, -0.05) is 6.92 Å². The summed E-state index contributed by atoms with van der Waals surface area (Å²) in [5.74, 6) is 1.74. The van der Waals surface area contributed by atoms with Crippen LogP contribution in [-0.2, 0) is 4.79 Å². The molecule has 0 saturated carbocycles. The van der Waals surface area contributed by atoms with E-state index >= 15 is 0 Å². The molecule has 0 aliphatic carbocycles. The molecule has 0 aliphatic rings. The van der Waals surface area contributed by atoms with Gasteiger partial charge in [0.2, 0.25) is 5.78 Å². The van der Waals surface area contributed by atoms with Crippen molar-refractivity contribution >= 4 is 5.78 Å². The van der Waals surface area contributed by atoms with Crippen LogP contribution in [0.4, 0.5) is 0 Å². The third-order valence-corrected chi connectivity index (χ3v) is 1.29. The molecule has 2 nitrogen and oxygen atoms in total. The second-order valence-corrected chi connectivity index (χ2v) is 1.85. The molecule has 1 unspecified atom stereocenters. The quantitative estimate of drug-likeness (QED) is 0.431. The molecule has 0 bridgehead atoms. The zero-order valence-corrected chi connectivity index (χ0v) is 5.55. The lowest BCUT2D eigenvalue weighted by atomic mass is 10.0. The van der Waals surface area contributed by atoms with Crippen LogP contribution in [0.15, 0.2) is 0 Å². The van der Waals surface area contributed by atoms with Gasteiger partial charge < -0.3 is 5.73 Å². The molecule has 50 valence electrons. The molecule has 0 saturated heterocycles. The van der Waals surface area contributed by atoms with Gasteiger partial charge in [0.05, 0.1) is 0 Å². The molecule has 0 radical (unpaired) electrons. The molecule has 0 rings (SSSR count). The van der Waals surface area contributed by atoms with Gasteiger partial charge in [-0.2, -0.15) is 0 Å². The Labute approximate surface area is 55.4 Å². The molecule has 2 heteroatoms. The third-order valence-electron chi connectivity index (χ3n) is 1.29. The van der Waals surface area contributed by atoms with Crippen LogP contribution in [-0.4, -0.2) is 12.3 Å². The van der Waals surface area contributed by atoms with Crippen LogP contribution in [0.3, 0.4) is 0 Å². The summed E-state index contributed by atoms with van der Waals surface area (Å²) < 4.78 is 0. The first-order valence-corrected chi connectivity index (χ1v) is 2.96. The summed E-state index contributed by atoms with van der Waals surface area (Å²) in [6, 6.07) is 0. The van der Waals surface area contributed by atoms with Crippen LogP contribution in [0.25, 0.3) is 0 Å². The van der Waals surface area contributed by atoms with Gasteiger partial charge in [0.15, 0.2) is 0 Å². The third kappa shape index (κ3) is 2.29. The lowest BCUT2D eigenvalue weighted by Crippen LogP contribution is -2.21. The van der Waals surface area contributed by atoms with Crippen molar-refractivity contribution in [1.82, 2.24) is 0 Å². The fraction of sp³-hybridized carbons (Fsp3) is 0.571. The molecule has 0 amide bonds. The number of carbonyl (C=O) groups is 1. The number of hydrogen-bond acceptors (Lipinski definition) is 2. The molecular formula is C7H11NO. The molecule has 0 aromatic carbocycles. The van der Waals surface area contributed by atoms with Gasteiger partial charge in [-0.05, 0) is 12.3 Å². The van der Waals surface area contributed by atoms with Crippen LogP contribution in [0, 0.1) is 18.3 Å². The molecule has 0 spiro atoms. The van der Waals surface area contributed by atoms with Gasteiger partial charge in [-0.15, -0.1) is 6.42 Å². The zero-order valence-electron chi connectivity index (χ0n) is 5.55.